The summed E-state index contributed by atoms with van der Waals surface area (Å²) < 4.78 is 0. The minimum absolute atomic E-state index is 0.00659. The normalized spacial score (nSPS) is 10.3. The van der Waals surface area contributed by atoms with Crippen molar-refractivity contribution >= 4 is 22.7 Å². The van der Waals surface area contributed by atoms with E-state index >= 15 is 0 Å². The molecule has 0 fully saturated rings. The van der Waals surface area contributed by atoms with E-state index in [1.807, 2.05) is 18.2 Å². The van der Waals surface area contributed by atoms with Crippen molar-refractivity contribution in [2.75, 3.05) is 20.6 Å². The lowest BCUT2D eigenvalue weighted by atomic mass is 10.1. The lowest BCUT2D eigenvalue weighted by Crippen LogP contribution is -2.36. The van der Waals surface area contributed by atoms with Crippen LogP contribution in [0.15, 0.2) is 30.5 Å². The molecule has 0 aliphatic carbocycles. The predicted molar refractivity (Wildman–Crippen MR) is 69.3 cm³/mol. The van der Waals surface area contributed by atoms with Crippen LogP contribution in [0, 0.1) is 0 Å². The number of nitrogens with zero attached hydrogens (tertiary/aromatic N) is 1. The van der Waals surface area contributed by atoms with Gasteiger partial charge in [-0.15, -0.1) is 0 Å². The number of nitrogens with one attached hydrogen (secondary N) is 2. The van der Waals surface area contributed by atoms with Crippen LogP contribution in [0.1, 0.15) is 10.4 Å². The number of aromatic nitrogens is 1. The topological polar surface area (TPSA) is 65.2 Å². The van der Waals surface area contributed by atoms with Gasteiger partial charge in [-0.25, -0.2) is 0 Å². The molecule has 0 aliphatic rings. The molecule has 0 radical (unpaired) electrons. The molecule has 2 rings (SSSR count). The Labute approximate surface area is 105 Å². The van der Waals surface area contributed by atoms with Gasteiger partial charge in [0.15, 0.2) is 0 Å². The quantitative estimate of drug-likeness (QED) is 0.846. The maximum absolute atomic E-state index is 12.0. The maximum Gasteiger partial charge on any atom is 0.252 e. The number of amides is 2. The Hall–Kier alpha value is -2.30. The lowest BCUT2D eigenvalue weighted by molar-refractivity contribution is -0.127. The van der Waals surface area contributed by atoms with Gasteiger partial charge in [0.1, 0.15) is 0 Å². The summed E-state index contributed by atoms with van der Waals surface area (Å²) in [5.41, 5.74) is 1.47. The number of rotatable bonds is 3. The summed E-state index contributed by atoms with van der Waals surface area (Å²) >= 11 is 0. The predicted octanol–water partition coefficient (Wildman–Crippen LogP) is 0.986. The molecule has 0 spiro atoms. The summed E-state index contributed by atoms with van der Waals surface area (Å²) in [6, 6.07) is 7.29. The number of benzene rings is 1. The zero-order chi connectivity index (χ0) is 13.1. The molecule has 5 nitrogen and oxygen atoms in total. The molecule has 2 N–H and O–H groups in total. The van der Waals surface area contributed by atoms with Crippen LogP contribution < -0.4 is 5.32 Å². The molecule has 1 heterocycles. The third kappa shape index (κ3) is 2.34. The fourth-order valence-corrected chi connectivity index (χ4v) is 1.69. The molecular weight excluding hydrogens is 230 g/mol. The minimum Gasteiger partial charge on any atom is -0.361 e. The molecule has 1 aromatic carbocycles. The second-order valence-electron chi connectivity index (χ2n) is 4.22. The smallest absolute Gasteiger partial charge is 0.252 e. The molecule has 0 saturated carbocycles. The number of carbonyl (C=O) groups excluding carboxylic acids is 2. The Balaban J connectivity index is 2.14. The number of H-pyrrole nitrogens is 1. The zero-order valence-electron chi connectivity index (χ0n) is 10.4. The van der Waals surface area contributed by atoms with E-state index in [-0.39, 0.29) is 18.4 Å². The summed E-state index contributed by atoms with van der Waals surface area (Å²) in [5, 5.41) is 3.47. The van der Waals surface area contributed by atoms with Crippen LogP contribution in [0.4, 0.5) is 0 Å². The SMILES string of the molecule is CN(C)C(=O)CNC(=O)c1cccc2[nH]ccc12. The average molecular weight is 245 g/mol. The number of carbonyl (C=O) groups is 2. The van der Waals surface area contributed by atoms with E-state index in [1.165, 1.54) is 4.90 Å². The van der Waals surface area contributed by atoms with Crippen LogP contribution in [0.25, 0.3) is 10.9 Å². The van der Waals surface area contributed by atoms with Gasteiger partial charge in [0.2, 0.25) is 5.91 Å². The standard InChI is InChI=1S/C13H15N3O2/c1-16(2)12(17)8-15-13(18)10-4-3-5-11-9(10)6-7-14-11/h3-7,14H,8H2,1-2H3,(H,15,18). The molecular formula is C13H15N3O2. The van der Waals surface area contributed by atoms with Gasteiger partial charge in [-0.05, 0) is 18.2 Å². The Bertz CT molecular complexity index is 587. The van der Waals surface area contributed by atoms with Gasteiger partial charge < -0.3 is 15.2 Å². The molecule has 0 saturated heterocycles. The summed E-state index contributed by atoms with van der Waals surface area (Å²) in [7, 11) is 3.31. The first-order valence-electron chi connectivity index (χ1n) is 5.64. The lowest BCUT2D eigenvalue weighted by Gasteiger charge is -2.11. The Morgan fingerprint density at radius 3 is 2.78 bits per heavy atom. The van der Waals surface area contributed by atoms with E-state index in [9.17, 15) is 9.59 Å². The first kappa shape index (κ1) is 12.2. The molecule has 2 aromatic rings. The Kier molecular flexibility index (Phi) is 3.32. The Morgan fingerprint density at radius 2 is 2.06 bits per heavy atom. The minimum atomic E-state index is -0.240. The molecule has 0 aliphatic heterocycles. The van der Waals surface area contributed by atoms with Crippen LogP contribution in [0.2, 0.25) is 0 Å². The monoisotopic (exact) mass is 245 g/mol. The largest absolute Gasteiger partial charge is 0.361 e. The number of hydrogen-bond donors (Lipinski definition) is 2. The third-order valence-corrected chi connectivity index (χ3v) is 2.74. The molecule has 5 heteroatoms. The zero-order valence-corrected chi connectivity index (χ0v) is 10.4. The summed E-state index contributed by atoms with van der Waals surface area (Å²) in [6.07, 6.45) is 1.78. The fraction of sp³-hybridized carbons (Fsp3) is 0.231. The van der Waals surface area contributed by atoms with Crippen molar-refractivity contribution in [1.29, 1.82) is 0 Å². The van der Waals surface area contributed by atoms with Crippen molar-refractivity contribution < 1.29 is 9.59 Å². The highest BCUT2D eigenvalue weighted by atomic mass is 16.2. The van der Waals surface area contributed by atoms with Crippen molar-refractivity contribution in [3.8, 4) is 0 Å². The molecule has 2 amide bonds. The number of fused-ring (bicyclic) bond motifs is 1. The van der Waals surface area contributed by atoms with Crippen molar-refractivity contribution in [3.63, 3.8) is 0 Å². The highest BCUT2D eigenvalue weighted by Crippen LogP contribution is 2.16. The van der Waals surface area contributed by atoms with Crippen molar-refractivity contribution in [2.24, 2.45) is 0 Å². The number of likely N-dealkylation sites (N-methyl/N-ethyl adjacent to an activating group) is 1. The third-order valence-electron chi connectivity index (χ3n) is 2.74. The molecule has 0 unspecified atom stereocenters. The van der Waals surface area contributed by atoms with Crippen molar-refractivity contribution in [2.45, 2.75) is 0 Å². The first-order valence-corrected chi connectivity index (χ1v) is 5.64. The van der Waals surface area contributed by atoms with Gasteiger partial charge in [0, 0.05) is 36.8 Å². The van der Waals surface area contributed by atoms with E-state index in [4.69, 9.17) is 0 Å². The average Bonchev–Trinajstić information content (AvgIpc) is 2.83. The van der Waals surface area contributed by atoms with E-state index in [2.05, 4.69) is 10.3 Å². The van der Waals surface area contributed by atoms with E-state index in [1.54, 1.807) is 26.4 Å². The van der Waals surface area contributed by atoms with Crippen LogP contribution >= 0.6 is 0 Å². The van der Waals surface area contributed by atoms with Crippen LogP contribution in [0.3, 0.4) is 0 Å². The number of hydrogen-bond acceptors (Lipinski definition) is 2. The van der Waals surface area contributed by atoms with E-state index < -0.39 is 0 Å². The van der Waals surface area contributed by atoms with Gasteiger partial charge in [-0.2, -0.15) is 0 Å². The van der Waals surface area contributed by atoms with Gasteiger partial charge in [0.05, 0.1) is 6.54 Å². The highest BCUT2D eigenvalue weighted by Gasteiger charge is 2.12. The van der Waals surface area contributed by atoms with Crippen LogP contribution in [-0.2, 0) is 4.79 Å². The summed E-state index contributed by atoms with van der Waals surface area (Å²) in [6.45, 7) is 0.00659. The van der Waals surface area contributed by atoms with Gasteiger partial charge in [-0.3, -0.25) is 9.59 Å². The van der Waals surface area contributed by atoms with Crippen LogP contribution in [0.5, 0.6) is 0 Å². The summed E-state index contributed by atoms with van der Waals surface area (Å²) in [5.74, 6) is -0.375. The molecule has 0 bridgehead atoms. The highest BCUT2D eigenvalue weighted by molar-refractivity contribution is 6.07. The molecule has 94 valence electrons. The first-order chi connectivity index (χ1) is 8.59. The molecule has 0 atom stereocenters. The summed E-state index contributed by atoms with van der Waals surface area (Å²) in [4.78, 5) is 27.9. The molecule has 1 aromatic heterocycles. The second-order valence-corrected chi connectivity index (χ2v) is 4.22. The molecule has 18 heavy (non-hydrogen) atoms. The van der Waals surface area contributed by atoms with Gasteiger partial charge in [0.25, 0.3) is 5.91 Å². The van der Waals surface area contributed by atoms with Crippen LogP contribution in [-0.4, -0.2) is 42.3 Å². The fourth-order valence-electron chi connectivity index (χ4n) is 1.69. The Morgan fingerprint density at radius 1 is 1.28 bits per heavy atom. The van der Waals surface area contributed by atoms with Gasteiger partial charge in [-0.1, -0.05) is 6.07 Å². The van der Waals surface area contributed by atoms with E-state index in [0.29, 0.717) is 5.56 Å². The second kappa shape index (κ2) is 4.91. The van der Waals surface area contributed by atoms with Gasteiger partial charge >= 0.3 is 0 Å². The maximum atomic E-state index is 12.0. The van der Waals surface area contributed by atoms with E-state index in [0.717, 1.165) is 10.9 Å². The van der Waals surface area contributed by atoms with Crippen molar-refractivity contribution in [1.82, 2.24) is 15.2 Å². The number of aromatic amines is 1. The van der Waals surface area contributed by atoms with Crippen molar-refractivity contribution in [3.05, 3.63) is 36.0 Å².